The van der Waals surface area contributed by atoms with Gasteiger partial charge in [0.1, 0.15) is 0 Å². The fourth-order valence-electron chi connectivity index (χ4n) is 3.33. The van der Waals surface area contributed by atoms with E-state index in [1.54, 1.807) is 0 Å². The summed E-state index contributed by atoms with van der Waals surface area (Å²) in [6, 6.07) is 1.60. The fourth-order valence-corrected chi connectivity index (χ4v) is 3.33. The second-order valence-electron chi connectivity index (χ2n) is 4.96. The van der Waals surface area contributed by atoms with Crippen molar-refractivity contribution in [1.82, 2.24) is 15.1 Å². The predicted octanol–water partition coefficient (Wildman–Crippen LogP) is 0.128. The second-order valence-corrected chi connectivity index (χ2v) is 4.96. The van der Waals surface area contributed by atoms with Crippen LogP contribution < -0.4 is 5.32 Å². The molecule has 0 radical (unpaired) electrons. The lowest BCUT2D eigenvalue weighted by molar-refractivity contribution is 0.0652. The first kappa shape index (κ1) is 9.13. The average molecular weight is 195 g/mol. The molecule has 3 heteroatoms. The lowest BCUT2D eigenvalue weighted by Crippen LogP contribution is -2.63. The SMILES string of the molecule is C1CCN([C@@H]2CCN3CCN[C@H]2C3)C1. The van der Waals surface area contributed by atoms with E-state index in [9.17, 15) is 0 Å². The van der Waals surface area contributed by atoms with Crippen LogP contribution in [0.25, 0.3) is 0 Å². The highest BCUT2D eigenvalue weighted by atomic mass is 15.3. The molecule has 3 heterocycles. The molecule has 3 aliphatic rings. The Morgan fingerprint density at radius 3 is 2.71 bits per heavy atom. The number of likely N-dealkylation sites (tertiary alicyclic amines) is 1. The molecule has 1 unspecified atom stereocenters. The highest BCUT2D eigenvalue weighted by Gasteiger charge is 2.35. The Labute approximate surface area is 86.4 Å². The van der Waals surface area contributed by atoms with Crippen LogP contribution in [0, 0.1) is 0 Å². The maximum atomic E-state index is 3.69. The first-order chi connectivity index (χ1) is 6.93. The number of nitrogens with zero attached hydrogens (tertiary/aromatic N) is 2. The topological polar surface area (TPSA) is 18.5 Å². The molecule has 0 aromatic heterocycles. The zero-order valence-corrected chi connectivity index (χ0v) is 8.91. The monoisotopic (exact) mass is 195 g/mol. The Kier molecular flexibility index (Phi) is 2.48. The molecule has 2 bridgehead atoms. The number of hydrogen-bond donors (Lipinski definition) is 1. The minimum Gasteiger partial charge on any atom is -0.310 e. The summed E-state index contributed by atoms with van der Waals surface area (Å²) in [4.78, 5) is 5.34. The lowest BCUT2D eigenvalue weighted by Gasteiger charge is -2.46. The standard InChI is InChI=1S/C11H21N3/c1-2-6-14(5-1)11-3-7-13-8-4-12-10(11)9-13/h10-12H,1-9H2/t10-,11+/m0/s1. The molecular formula is C11H21N3. The average Bonchev–Trinajstić information content (AvgIpc) is 2.71. The van der Waals surface area contributed by atoms with Crippen molar-refractivity contribution < 1.29 is 0 Å². The van der Waals surface area contributed by atoms with Crippen LogP contribution in [0.2, 0.25) is 0 Å². The lowest BCUT2D eigenvalue weighted by atomic mass is 9.96. The van der Waals surface area contributed by atoms with Crippen molar-refractivity contribution in [3.8, 4) is 0 Å². The first-order valence-electron chi connectivity index (χ1n) is 6.13. The number of rotatable bonds is 1. The van der Waals surface area contributed by atoms with E-state index in [1.165, 1.54) is 58.5 Å². The van der Waals surface area contributed by atoms with E-state index >= 15 is 0 Å². The summed E-state index contributed by atoms with van der Waals surface area (Å²) in [6.07, 6.45) is 4.23. The molecule has 3 saturated heterocycles. The summed E-state index contributed by atoms with van der Waals surface area (Å²) in [7, 11) is 0. The van der Waals surface area contributed by atoms with Crippen LogP contribution in [0.1, 0.15) is 19.3 Å². The minimum absolute atomic E-state index is 0.760. The number of piperazine rings is 1. The van der Waals surface area contributed by atoms with Crippen molar-refractivity contribution in [2.45, 2.75) is 31.3 Å². The third-order valence-electron chi connectivity index (χ3n) is 4.10. The van der Waals surface area contributed by atoms with Gasteiger partial charge in [-0.1, -0.05) is 0 Å². The van der Waals surface area contributed by atoms with Gasteiger partial charge in [0.05, 0.1) is 0 Å². The third-order valence-corrected chi connectivity index (χ3v) is 4.10. The van der Waals surface area contributed by atoms with E-state index in [0.29, 0.717) is 0 Å². The van der Waals surface area contributed by atoms with Crippen molar-refractivity contribution >= 4 is 0 Å². The molecule has 0 saturated carbocycles. The molecule has 3 atom stereocenters. The number of piperidine rings is 1. The van der Waals surface area contributed by atoms with Gasteiger partial charge < -0.3 is 10.2 Å². The van der Waals surface area contributed by atoms with E-state index < -0.39 is 0 Å². The Morgan fingerprint density at radius 1 is 1.00 bits per heavy atom. The normalized spacial score (nSPS) is 44.1. The van der Waals surface area contributed by atoms with Gasteiger partial charge in [0, 0.05) is 31.7 Å². The molecule has 3 aliphatic heterocycles. The van der Waals surface area contributed by atoms with Gasteiger partial charge in [0.25, 0.3) is 0 Å². The van der Waals surface area contributed by atoms with E-state index in [2.05, 4.69) is 15.1 Å². The molecular weight excluding hydrogens is 174 g/mol. The first-order valence-corrected chi connectivity index (χ1v) is 6.13. The molecule has 0 spiro atoms. The summed E-state index contributed by atoms with van der Waals surface area (Å²) in [5, 5.41) is 3.69. The molecule has 3 rings (SSSR count). The van der Waals surface area contributed by atoms with Crippen LogP contribution in [-0.4, -0.2) is 61.2 Å². The molecule has 80 valence electrons. The highest BCUT2D eigenvalue weighted by molar-refractivity contribution is 4.95. The summed E-state index contributed by atoms with van der Waals surface area (Å²) in [5.74, 6) is 0. The van der Waals surface area contributed by atoms with Crippen LogP contribution in [0.5, 0.6) is 0 Å². The van der Waals surface area contributed by atoms with Crippen LogP contribution in [0.15, 0.2) is 0 Å². The molecule has 0 aromatic rings. The quantitative estimate of drug-likeness (QED) is 0.641. The zero-order valence-electron chi connectivity index (χ0n) is 8.91. The van der Waals surface area contributed by atoms with Crippen LogP contribution in [0.3, 0.4) is 0 Å². The third kappa shape index (κ3) is 1.58. The second kappa shape index (κ2) is 3.80. The number of nitrogens with one attached hydrogen (secondary N) is 1. The largest absolute Gasteiger partial charge is 0.310 e. The van der Waals surface area contributed by atoms with Crippen molar-refractivity contribution in [2.75, 3.05) is 39.3 Å². The van der Waals surface area contributed by atoms with E-state index in [0.717, 1.165) is 12.1 Å². The Hall–Kier alpha value is -0.120. The number of fused-ring (bicyclic) bond motifs is 2. The summed E-state index contributed by atoms with van der Waals surface area (Å²) < 4.78 is 0. The Bertz CT molecular complexity index is 201. The molecule has 14 heavy (non-hydrogen) atoms. The van der Waals surface area contributed by atoms with Gasteiger partial charge in [-0.15, -0.1) is 0 Å². The summed E-state index contributed by atoms with van der Waals surface area (Å²) in [5.41, 5.74) is 0. The summed E-state index contributed by atoms with van der Waals surface area (Å²) >= 11 is 0. The van der Waals surface area contributed by atoms with Crippen LogP contribution in [-0.2, 0) is 0 Å². The van der Waals surface area contributed by atoms with E-state index in [4.69, 9.17) is 0 Å². The smallest absolute Gasteiger partial charge is 0.0352 e. The van der Waals surface area contributed by atoms with Crippen molar-refractivity contribution in [1.29, 1.82) is 0 Å². The van der Waals surface area contributed by atoms with Crippen LogP contribution in [0.4, 0.5) is 0 Å². The molecule has 3 nitrogen and oxygen atoms in total. The predicted molar refractivity (Wildman–Crippen MR) is 57.4 cm³/mol. The Balaban J connectivity index is 1.67. The molecule has 3 fully saturated rings. The van der Waals surface area contributed by atoms with Gasteiger partial charge in [-0.2, -0.15) is 0 Å². The van der Waals surface area contributed by atoms with Gasteiger partial charge >= 0.3 is 0 Å². The fraction of sp³-hybridized carbons (Fsp3) is 1.00. The van der Waals surface area contributed by atoms with E-state index in [1.807, 2.05) is 0 Å². The molecule has 0 aliphatic carbocycles. The van der Waals surface area contributed by atoms with Gasteiger partial charge in [-0.3, -0.25) is 4.90 Å². The Morgan fingerprint density at radius 2 is 1.86 bits per heavy atom. The number of hydrogen-bond acceptors (Lipinski definition) is 3. The zero-order chi connectivity index (χ0) is 9.38. The van der Waals surface area contributed by atoms with Gasteiger partial charge in [-0.25, -0.2) is 0 Å². The molecule has 0 aromatic carbocycles. The van der Waals surface area contributed by atoms with Gasteiger partial charge in [-0.05, 0) is 38.9 Å². The minimum atomic E-state index is 0.760. The van der Waals surface area contributed by atoms with Crippen LogP contribution >= 0.6 is 0 Å². The van der Waals surface area contributed by atoms with Gasteiger partial charge in [0.2, 0.25) is 0 Å². The van der Waals surface area contributed by atoms with Crippen molar-refractivity contribution in [2.24, 2.45) is 0 Å². The molecule has 1 N–H and O–H groups in total. The maximum Gasteiger partial charge on any atom is 0.0352 e. The highest BCUT2D eigenvalue weighted by Crippen LogP contribution is 2.22. The van der Waals surface area contributed by atoms with Gasteiger partial charge in [0.15, 0.2) is 0 Å². The maximum absolute atomic E-state index is 3.69. The van der Waals surface area contributed by atoms with Crippen molar-refractivity contribution in [3.63, 3.8) is 0 Å². The molecule has 0 amide bonds. The van der Waals surface area contributed by atoms with Crippen molar-refractivity contribution in [3.05, 3.63) is 0 Å². The van der Waals surface area contributed by atoms with E-state index in [-0.39, 0.29) is 0 Å². The summed E-state index contributed by atoms with van der Waals surface area (Å²) in [6.45, 7) is 7.80.